The lowest BCUT2D eigenvalue weighted by atomic mass is 10.2. The maximum Gasteiger partial charge on any atom is 0.305 e. The topological polar surface area (TPSA) is 47.6 Å². The first-order chi connectivity index (χ1) is 11.2. The molecule has 0 aromatic heterocycles. The van der Waals surface area contributed by atoms with Gasteiger partial charge in [0, 0.05) is 18.5 Å². The Hall–Kier alpha value is -2.15. The Labute approximate surface area is 140 Å². The van der Waals surface area contributed by atoms with Crippen LogP contribution in [0.3, 0.4) is 0 Å². The monoisotopic (exact) mass is 319 g/mol. The Bertz CT molecular complexity index is 515. The molecule has 0 radical (unpaired) electrons. The van der Waals surface area contributed by atoms with E-state index < -0.39 is 0 Å². The van der Waals surface area contributed by atoms with Crippen molar-refractivity contribution in [1.82, 2.24) is 0 Å². The summed E-state index contributed by atoms with van der Waals surface area (Å²) in [5.41, 5.74) is 1.88. The van der Waals surface area contributed by atoms with Gasteiger partial charge in [-0.05, 0) is 45.4 Å². The van der Waals surface area contributed by atoms with Gasteiger partial charge >= 0.3 is 5.97 Å². The van der Waals surface area contributed by atoms with Gasteiger partial charge in [0.25, 0.3) is 0 Å². The summed E-state index contributed by atoms with van der Waals surface area (Å²) in [6.07, 6.45) is 1.02. The molecule has 4 nitrogen and oxygen atoms in total. The Kier molecular flexibility index (Phi) is 12.2. The lowest BCUT2D eigenvalue weighted by molar-refractivity contribution is -0.143. The molecule has 0 aliphatic carbocycles. The quantitative estimate of drug-likeness (QED) is 0.442. The minimum atomic E-state index is -0.179. The highest BCUT2D eigenvalue weighted by atomic mass is 16.5. The van der Waals surface area contributed by atoms with Gasteiger partial charge in [0.05, 0.1) is 18.9 Å². The molecule has 128 valence electrons. The number of ether oxygens (including phenoxy) is 2. The molecule has 0 bridgehead atoms. The fourth-order valence-corrected chi connectivity index (χ4v) is 1.84. The summed E-state index contributed by atoms with van der Waals surface area (Å²) in [5.74, 6) is 6.50. The summed E-state index contributed by atoms with van der Waals surface area (Å²) < 4.78 is 10.6. The Morgan fingerprint density at radius 3 is 2.61 bits per heavy atom. The number of rotatable bonds is 8. The molecular formula is C19H29NO3. The molecule has 0 saturated carbocycles. The lowest BCUT2D eigenvalue weighted by Gasteiger charge is -2.12. The number of carbonyl (C=O) groups is 1. The third-order valence-electron chi connectivity index (χ3n) is 2.70. The number of hydrogen-bond acceptors (Lipinski definition) is 4. The van der Waals surface area contributed by atoms with Crippen LogP contribution >= 0.6 is 0 Å². The van der Waals surface area contributed by atoms with E-state index >= 15 is 0 Å². The normalized spacial score (nSPS) is 8.91. The van der Waals surface area contributed by atoms with Crippen molar-refractivity contribution in [3.8, 4) is 17.6 Å². The van der Waals surface area contributed by atoms with Crippen LogP contribution in [0, 0.1) is 11.8 Å². The van der Waals surface area contributed by atoms with E-state index in [0.29, 0.717) is 26.1 Å². The fourth-order valence-electron chi connectivity index (χ4n) is 1.84. The average molecular weight is 319 g/mol. The van der Waals surface area contributed by atoms with Crippen molar-refractivity contribution in [2.24, 2.45) is 0 Å². The maximum absolute atomic E-state index is 11.2. The maximum atomic E-state index is 11.2. The number of anilines is 1. The summed E-state index contributed by atoms with van der Waals surface area (Å²) in [7, 11) is 0. The summed E-state index contributed by atoms with van der Waals surface area (Å²) in [6.45, 7) is 11.4. The van der Waals surface area contributed by atoms with Crippen LogP contribution in [-0.4, -0.2) is 25.7 Å². The first-order valence-electron chi connectivity index (χ1n) is 8.30. The predicted molar refractivity (Wildman–Crippen MR) is 95.9 cm³/mol. The molecule has 1 rings (SSSR count). The molecule has 0 saturated heterocycles. The molecule has 0 heterocycles. The lowest BCUT2D eigenvalue weighted by Crippen LogP contribution is -2.08. The third-order valence-corrected chi connectivity index (χ3v) is 2.70. The van der Waals surface area contributed by atoms with Gasteiger partial charge in [-0.15, -0.1) is 5.92 Å². The van der Waals surface area contributed by atoms with Gasteiger partial charge in [-0.3, -0.25) is 4.79 Å². The molecule has 0 aliphatic heterocycles. The van der Waals surface area contributed by atoms with E-state index in [4.69, 9.17) is 9.47 Å². The number of esters is 1. The Morgan fingerprint density at radius 1 is 1.26 bits per heavy atom. The molecule has 23 heavy (non-hydrogen) atoms. The fraction of sp³-hybridized carbons (Fsp3) is 0.526. The Balaban J connectivity index is 0.00000232. The molecule has 0 unspecified atom stereocenters. The summed E-state index contributed by atoms with van der Waals surface area (Å²) in [5, 5.41) is 3.26. The van der Waals surface area contributed by atoms with Crippen LogP contribution in [0.2, 0.25) is 0 Å². The highest BCUT2D eigenvalue weighted by molar-refractivity contribution is 5.69. The molecule has 4 heteroatoms. The standard InChI is InChI=1S/C17H23NO3.C2H6/c1-4-8-14-10-11-16(15(13-14)18-5-2)21-12-7-9-17(19)20-6-3;1-2/h10-11,13,18H,5-7,9,12H2,1-3H3;1-2H3. The zero-order valence-corrected chi connectivity index (χ0v) is 15.0. The second kappa shape index (κ2) is 13.5. The highest BCUT2D eigenvalue weighted by Gasteiger charge is 2.05. The largest absolute Gasteiger partial charge is 0.491 e. The highest BCUT2D eigenvalue weighted by Crippen LogP contribution is 2.25. The Morgan fingerprint density at radius 2 is 2.00 bits per heavy atom. The van der Waals surface area contributed by atoms with Gasteiger partial charge < -0.3 is 14.8 Å². The van der Waals surface area contributed by atoms with Crippen LogP contribution in [0.25, 0.3) is 0 Å². The minimum absolute atomic E-state index is 0.179. The van der Waals surface area contributed by atoms with Crippen molar-refractivity contribution in [3.63, 3.8) is 0 Å². The van der Waals surface area contributed by atoms with Crippen LogP contribution in [0.15, 0.2) is 18.2 Å². The summed E-state index contributed by atoms with van der Waals surface area (Å²) in [4.78, 5) is 11.2. The van der Waals surface area contributed by atoms with E-state index in [1.54, 1.807) is 6.92 Å². The van der Waals surface area contributed by atoms with Crippen molar-refractivity contribution >= 4 is 11.7 Å². The van der Waals surface area contributed by atoms with E-state index in [1.807, 2.05) is 45.9 Å². The summed E-state index contributed by atoms with van der Waals surface area (Å²) >= 11 is 0. The average Bonchev–Trinajstić information content (AvgIpc) is 2.56. The van der Waals surface area contributed by atoms with Crippen molar-refractivity contribution in [1.29, 1.82) is 0 Å². The summed E-state index contributed by atoms with van der Waals surface area (Å²) in [6, 6.07) is 5.81. The van der Waals surface area contributed by atoms with Gasteiger partial charge in [0.1, 0.15) is 5.75 Å². The number of benzene rings is 1. The van der Waals surface area contributed by atoms with Gasteiger partial charge in [0.2, 0.25) is 0 Å². The van der Waals surface area contributed by atoms with Crippen molar-refractivity contribution in [2.75, 3.05) is 25.1 Å². The number of hydrogen-bond donors (Lipinski definition) is 1. The van der Waals surface area contributed by atoms with Gasteiger partial charge in [-0.2, -0.15) is 0 Å². The molecule has 1 aromatic rings. The van der Waals surface area contributed by atoms with E-state index in [-0.39, 0.29) is 5.97 Å². The first-order valence-corrected chi connectivity index (χ1v) is 8.30. The van der Waals surface area contributed by atoms with E-state index in [2.05, 4.69) is 17.2 Å². The van der Waals surface area contributed by atoms with Crippen molar-refractivity contribution < 1.29 is 14.3 Å². The first kappa shape index (κ1) is 20.9. The van der Waals surface area contributed by atoms with Crippen LogP contribution in [0.1, 0.15) is 53.0 Å². The minimum Gasteiger partial charge on any atom is -0.491 e. The van der Waals surface area contributed by atoms with Gasteiger partial charge in [0.15, 0.2) is 0 Å². The van der Waals surface area contributed by atoms with Crippen molar-refractivity contribution in [3.05, 3.63) is 23.8 Å². The zero-order chi connectivity index (χ0) is 17.5. The van der Waals surface area contributed by atoms with Gasteiger partial charge in [-0.25, -0.2) is 0 Å². The number of carbonyl (C=O) groups excluding carboxylic acids is 1. The SMILES string of the molecule is CC.CC#Cc1ccc(OCCCC(=O)OCC)c(NCC)c1. The van der Waals surface area contributed by atoms with Gasteiger partial charge in [-0.1, -0.05) is 19.8 Å². The zero-order valence-electron chi connectivity index (χ0n) is 15.0. The van der Waals surface area contributed by atoms with Crippen LogP contribution in [-0.2, 0) is 9.53 Å². The smallest absolute Gasteiger partial charge is 0.305 e. The molecule has 1 N–H and O–H groups in total. The van der Waals surface area contributed by atoms with Crippen LogP contribution in [0.4, 0.5) is 5.69 Å². The van der Waals surface area contributed by atoms with Crippen LogP contribution in [0.5, 0.6) is 5.75 Å². The molecule has 0 spiro atoms. The van der Waals surface area contributed by atoms with E-state index in [1.165, 1.54) is 0 Å². The second-order valence-electron chi connectivity index (χ2n) is 4.37. The molecule has 1 aromatic carbocycles. The third kappa shape index (κ3) is 8.77. The molecular weight excluding hydrogens is 290 g/mol. The van der Waals surface area contributed by atoms with Crippen molar-refractivity contribution in [2.45, 2.75) is 47.5 Å². The number of nitrogens with one attached hydrogen (secondary N) is 1. The molecule has 0 amide bonds. The van der Waals surface area contributed by atoms with E-state index in [9.17, 15) is 4.79 Å². The molecule has 0 aliphatic rings. The van der Waals surface area contributed by atoms with Crippen LogP contribution < -0.4 is 10.1 Å². The van der Waals surface area contributed by atoms with E-state index in [0.717, 1.165) is 23.5 Å². The molecule has 0 atom stereocenters. The second-order valence-corrected chi connectivity index (χ2v) is 4.37. The molecule has 0 fully saturated rings. The predicted octanol–water partition coefficient (Wildman–Crippen LogP) is 4.24.